The second kappa shape index (κ2) is 4.07. The van der Waals surface area contributed by atoms with Crippen LogP contribution < -0.4 is 0 Å². The van der Waals surface area contributed by atoms with Crippen molar-refractivity contribution in [3.05, 3.63) is 0 Å². The predicted octanol–water partition coefficient (Wildman–Crippen LogP) is 3.02. The molecule has 2 nitrogen and oxygen atoms in total. The van der Waals surface area contributed by atoms with Crippen molar-refractivity contribution in [1.29, 1.82) is 0 Å². The second-order valence-corrected chi connectivity index (χ2v) is 3.28. The Morgan fingerprint density at radius 3 is 2.09 bits per heavy atom. The first-order chi connectivity index (χ1) is 5.33. The molecule has 0 aliphatic carbocycles. The topological polar surface area (TPSA) is 25.1 Å². The van der Waals surface area contributed by atoms with Gasteiger partial charge in [-0.25, -0.2) is 0 Å². The van der Waals surface area contributed by atoms with Crippen molar-refractivity contribution < 1.29 is 9.78 Å². The van der Waals surface area contributed by atoms with E-state index >= 15 is 0 Å². The summed E-state index contributed by atoms with van der Waals surface area (Å²) in [5.41, 5.74) is 0. The van der Waals surface area contributed by atoms with Crippen molar-refractivity contribution >= 4 is 0 Å². The highest BCUT2D eigenvalue weighted by Crippen LogP contribution is 2.39. The summed E-state index contributed by atoms with van der Waals surface area (Å²) in [4.78, 5) is 9.97. The van der Waals surface area contributed by atoms with Gasteiger partial charge in [0.15, 0.2) is 0 Å². The largest absolute Gasteiger partial charge is 0.234 e. The van der Waals surface area contributed by atoms with E-state index in [1.807, 2.05) is 0 Å². The Morgan fingerprint density at radius 2 is 1.64 bits per heavy atom. The Balaban J connectivity index is 2.04. The van der Waals surface area contributed by atoms with Gasteiger partial charge in [-0.05, 0) is 6.42 Å². The van der Waals surface area contributed by atoms with Gasteiger partial charge >= 0.3 is 0 Å². The highest BCUT2D eigenvalue weighted by atomic mass is 17.4. The molecule has 1 fully saturated rings. The molecule has 1 aliphatic rings. The Labute approximate surface area is 68.8 Å². The number of unbranched alkanes of at least 4 members (excludes halogenated alkanes) is 2. The van der Waals surface area contributed by atoms with E-state index in [2.05, 4.69) is 13.8 Å². The van der Waals surface area contributed by atoms with E-state index in [0.29, 0.717) is 0 Å². The van der Waals surface area contributed by atoms with Crippen LogP contribution in [0.4, 0.5) is 0 Å². The molecule has 11 heavy (non-hydrogen) atoms. The number of rotatable bonds is 6. The lowest BCUT2D eigenvalue weighted by Gasteiger charge is -2.03. The third kappa shape index (κ3) is 2.80. The van der Waals surface area contributed by atoms with Crippen molar-refractivity contribution in [3.63, 3.8) is 0 Å². The summed E-state index contributed by atoms with van der Waals surface area (Å²) in [6.07, 6.45) is 7.06. The zero-order valence-electron chi connectivity index (χ0n) is 7.56. The Kier molecular flexibility index (Phi) is 3.34. The van der Waals surface area contributed by atoms with E-state index in [1.165, 1.54) is 19.3 Å². The van der Waals surface area contributed by atoms with Crippen LogP contribution in [-0.4, -0.2) is 5.79 Å². The molecule has 0 radical (unpaired) electrons. The average Bonchev–Trinajstić information content (AvgIpc) is 2.71. The van der Waals surface area contributed by atoms with Crippen LogP contribution in [0.5, 0.6) is 0 Å². The van der Waals surface area contributed by atoms with Gasteiger partial charge in [0.1, 0.15) is 0 Å². The maximum absolute atomic E-state index is 4.98. The van der Waals surface area contributed by atoms with Gasteiger partial charge in [0.05, 0.1) is 0 Å². The fourth-order valence-corrected chi connectivity index (χ4v) is 1.38. The van der Waals surface area contributed by atoms with Crippen LogP contribution in [0, 0.1) is 0 Å². The molecule has 0 N–H and O–H groups in total. The quantitative estimate of drug-likeness (QED) is 0.337. The van der Waals surface area contributed by atoms with Crippen LogP contribution in [0.15, 0.2) is 0 Å². The highest BCUT2D eigenvalue weighted by Gasteiger charge is 2.46. The molecule has 1 aliphatic heterocycles. The van der Waals surface area contributed by atoms with Gasteiger partial charge in [-0.1, -0.05) is 33.1 Å². The predicted molar refractivity (Wildman–Crippen MR) is 44.0 cm³/mol. The van der Waals surface area contributed by atoms with Gasteiger partial charge in [-0.15, -0.1) is 0 Å². The Hall–Kier alpha value is -0.0800. The van der Waals surface area contributed by atoms with Crippen molar-refractivity contribution in [1.82, 2.24) is 0 Å². The summed E-state index contributed by atoms with van der Waals surface area (Å²) < 4.78 is 0. The van der Waals surface area contributed by atoms with Gasteiger partial charge in [-0.3, -0.25) is 0 Å². The molecule has 0 aromatic carbocycles. The first-order valence-corrected chi connectivity index (χ1v) is 4.70. The number of hydrogen-bond acceptors (Lipinski definition) is 2. The lowest BCUT2D eigenvalue weighted by atomic mass is 10.0. The fourth-order valence-electron chi connectivity index (χ4n) is 1.38. The maximum atomic E-state index is 4.98. The third-order valence-corrected chi connectivity index (χ3v) is 2.11. The van der Waals surface area contributed by atoms with Crippen molar-refractivity contribution in [2.75, 3.05) is 0 Å². The first-order valence-electron chi connectivity index (χ1n) is 4.70. The van der Waals surface area contributed by atoms with Crippen LogP contribution in [-0.2, 0) is 9.78 Å². The van der Waals surface area contributed by atoms with Gasteiger partial charge in [0, 0.05) is 12.8 Å². The smallest absolute Gasteiger partial charge is 0.195 e. The Bertz CT molecular complexity index is 108. The van der Waals surface area contributed by atoms with Crippen LogP contribution in [0.1, 0.15) is 52.4 Å². The van der Waals surface area contributed by atoms with Crippen LogP contribution in [0.3, 0.4) is 0 Å². The minimum absolute atomic E-state index is 0.149. The lowest BCUT2D eigenvalue weighted by molar-refractivity contribution is 0.0850. The van der Waals surface area contributed by atoms with Crippen LogP contribution in [0.25, 0.3) is 0 Å². The van der Waals surface area contributed by atoms with E-state index in [1.54, 1.807) is 0 Å². The average molecular weight is 158 g/mol. The summed E-state index contributed by atoms with van der Waals surface area (Å²) in [5.74, 6) is -0.149. The minimum Gasteiger partial charge on any atom is -0.195 e. The summed E-state index contributed by atoms with van der Waals surface area (Å²) in [6.45, 7) is 4.37. The van der Waals surface area contributed by atoms with Crippen molar-refractivity contribution in [2.45, 2.75) is 58.2 Å². The standard InChI is InChI=1S/C9H18O2/c1-3-5-6-8-9(7-4-2)10-11-9/h3-8H2,1-2H3. The molecule has 1 heterocycles. The molecule has 1 saturated heterocycles. The molecule has 0 amide bonds. The second-order valence-electron chi connectivity index (χ2n) is 3.28. The molecule has 0 unspecified atom stereocenters. The molecule has 0 spiro atoms. The first kappa shape index (κ1) is 9.01. The van der Waals surface area contributed by atoms with Crippen LogP contribution in [0.2, 0.25) is 0 Å². The Morgan fingerprint density at radius 1 is 0.909 bits per heavy atom. The van der Waals surface area contributed by atoms with E-state index < -0.39 is 0 Å². The molecule has 0 saturated carbocycles. The third-order valence-electron chi connectivity index (χ3n) is 2.11. The fraction of sp³-hybridized carbons (Fsp3) is 1.00. The highest BCUT2D eigenvalue weighted by molar-refractivity contribution is 4.73. The van der Waals surface area contributed by atoms with E-state index in [0.717, 1.165) is 19.3 Å². The van der Waals surface area contributed by atoms with Gasteiger partial charge < -0.3 is 0 Å². The molecular formula is C9H18O2. The molecule has 0 atom stereocenters. The van der Waals surface area contributed by atoms with Crippen molar-refractivity contribution in [3.8, 4) is 0 Å². The molecule has 0 aromatic rings. The minimum atomic E-state index is -0.149. The molecule has 66 valence electrons. The number of hydrogen-bond donors (Lipinski definition) is 0. The van der Waals surface area contributed by atoms with E-state index in [-0.39, 0.29) is 5.79 Å². The summed E-state index contributed by atoms with van der Waals surface area (Å²) in [7, 11) is 0. The maximum Gasteiger partial charge on any atom is 0.234 e. The van der Waals surface area contributed by atoms with Crippen molar-refractivity contribution in [2.24, 2.45) is 0 Å². The molecule has 2 heteroatoms. The van der Waals surface area contributed by atoms with Crippen LogP contribution >= 0.6 is 0 Å². The summed E-state index contributed by atoms with van der Waals surface area (Å²) in [5, 5.41) is 0. The van der Waals surface area contributed by atoms with Gasteiger partial charge in [-0.2, -0.15) is 9.78 Å². The zero-order valence-corrected chi connectivity index (χ0v) is 7.56. The van der Waals surface area contributed by atoms with E-state index in [4.69, 9.17) is 9.78 Å². The van der Waals surface area contributed by atoms with Gasteiger partial charge in [0.25, 0.3) is 0 Å². The lowest BCUT2D eigenvalue weighted by Crippen LogP contribution is -2.08. The van der Waals surface area contributed by atoms with E-state index in [9.17, 15) is 0 Å². The summed E-state index contributed by atoms with van der Waals surface area (Å²) >= 11 is 0. The SMILES string of the molecule is CCCCCC1(CCC)OO1. The monoisotopic (exact) mass is 158 g/mol. The molecule has 0 bridgehead atoms. The van der Waals surface area contributed by atoms with Gasteiger partial charge in [0.2, 0.25) is 5.79 Å². The molecular weight excluding hydrogens is 140 g/mol. The normalized spacial score (nSPS) is 20.2. The summed E-state index contributed by atoms with van der Waals surface area (Å²) in [6, 6.07) is 0. The molecule has 0 aromatic heterocycles. The molecule has 1 rings (SSSR count). The zero-order chi connectivity index (χ0) is 8.16.